The first-order valence-electron chi connectivity index (χ1n) is 6.49. The quantitative estimate of drug-likeness (QED) is 0.674. The average molecular weight is 304 g/mol. The third kappa shape index (κ3) is 5.16. The summed E-state index contributed by atoms with van der Waals surface area (Å²) < 4.78 is 44.8. The van der Waals surface area contributed by atoms with Crippen molar-refractivity contribution in [3.05, 3.63) is 29.6 Å². The predicted octanol–water partition coefficient (Wildman–Crippen LogP) is 1.25. The number of benzene rings is 1. The van der Waals surface area contributed by atoms with Gasteiger partial charge in [0.05, 0.1) is 11.5 Å². The molecule has 0 heterocycles. The fraction of sp³-hybridized carbons (Fsp3) is 0.538. The van der Waals surface area contributed by atoms with Crippen LogP contribution in [0.25, 0.3) is 0 Å². The lowest BCUT2D eigenvalue weighted by Crippen LogP contribution is -2.27. The molecular weight excluding hydrogens is 283 g/mol. The average Bonchev–Trinajstić information content (AvgIpc) is 2.41. The molecule has 0 aromatic heterocycles. The highest BCUT2D eigenvalue weighted by Gasteiger charge is 2.15. The van der Waals surface area contributed by atoms with Gasteiger partial charge in [-0.25, -0.2) is 17.5 Å². The summed E-state index contributed by atoms with van der Waals surface area (Å²) >= 11 is 0. The van der Waals surface area contributed by atoms with Crippen LogP contribution in [-0.2, 0) is 21.3 Å². The van der Waals surface area contributed by atoms with Crippen LogP contribution in [-0.4, -0.2) is 35.2 Å². The van der Waals surface area contributed by atoms with Gasteiger partial charge in [0.25, 0.3) is 0 Å². The number of sulfonamides is 1. The topological polar surface area (TPSA) is 67.4 Å². The Kier molecular flexibility index (Phi) is 7.08. The molecule has 0 aliphatic rings. The van der Waals surface area contributed by atoms with E-state index in [2.05, 4.69) is 10.0 Å². The smallest absolute Gasteiger partial charge is 0.240 e. The number of hydrogen-bond acceptors (Lipinski definition) is 4. The summed E-state index contributed by atoms with van der Waals surface area (Å²) in [5.41, 5.74) is 0.341. The van der Waals surface area contributed by atoms with Crippen molar-refractivity contribution in [2.45, 2.75) is 24.8 Å². The van der Waals surface area contributed by atoms with Gasteiger partial charge in [-0.3, -0.25) is 0 Å². The van der Waals surface area contributed by atoms with Gasteiger partial charge in [0.1, 0.15) is 5.82 Å². The number of ether oxygens (including phenoxy) is 1. The molecule has 0 radical (unpaired) electrons. The molecule has 0 unspecified atom stereocenters. The lowest BCUT2D eigenvalue weighted by Gasteiger charge is -2.09. The molecule has 1 aromatic carbocycles. The summed E-state index contributed by atoms with van der Waals surface area (Å²) in [5.74, 6) is -0.413. The maximum absolute atomic E-state index is 13.6. The van der Waals surface area contributed by atoms with E-state index in [9.17, 15) is 12.8 Å². The molecule has 20 heavy (non-hydrogen) atoms. The second kappa shape index (κ2) is 8.31. The lowest BCUT2D eigenvalue weighted by molar-refractivity contribution is 0.204. The van der Waals surface area contributed by atoms with Gasteiger partial charge in [-0.1, -0.05) is 6.92 Å². The van der Waals surface area contributed by atoms with Crippen LogP contribution in [0.4, 0.5) is 4.39 Å². The highest BCUT2D eigenvalue weighted by Crippen LogP contribution is 2.15. The Balaban J connectivity index is 2.82. The number of hydrogen-bond donors (Lipinski definition) is 2. The fourth-order valence-corrected chi connectivity index (χ4v) is 2.68. The van der Waals surface area contributed by atoms with E-state index in [1.54, 1.807) is 0 Å². The Morgan fingerprint density at radius 3 is 2.70 bits per heavy atom. The van der Waals surface area contributed by atoms with Crippen LogP contribution in [0, 0.1) is 5.82 Å². The van der Waals surface area contributed by atoms with Gasteiger partial charge in [0.15, 0.2) is 0 Å². The molecule has 2 N–H and O–H groups in total. The number of nitrogens with one attached hydrogen (secondary N) is 2. The summed E-state index contributed by atoms with van der Waals surface area (Å²) in [5, 5.41) is 3.05. The highest BCUT2D eigenvalue weighted by atomic mass is 32.2. The van der Waals surface area contributed by atoms with Crippen molar-refractivity contribution in [2.75, 3.05) is 26.8 Å². The minimum atomic E-state index is -3.63. The van der Waals surface area contributed by atoms with Gasteiger partial charge >= 0.3 is 0 Å². The van der Waals surface area contributed by atoms with E-state index in [0.717, 1.165) is 13.0 Å². The second-order valence-corrected chi connectivity index (χ2v) is 6.09. The number of methoxy groups -OCH3 is 1. The maximum Gasteiger partial charge on any atom is 0.240 e. The minimum absolute atomic E-state index is 0.0586. The zero-order valence-electron chi connectivity index (χ0n) is 11.8. The van der Waals surface area contributed by atoms with Crippen LogP contribution < -0.4 is 10.0 Å². The lowest BCUT2D eigenvalue weighted by atomic mass is 10.2. The zero-order valence-corrected chi connectivity index (χ0v) is 12.6. The second-order valence-electron chi connectivity index (χ2n) is 4.32. The summed E-state index contributed by atoms with van der Waals surface area (Å²) in [6.45, 7) is 3.53. The third-order valence-electron chi connectivity index (χ3n) is 2.67. The summed E-state index contributed by atoms with van der Waals surface area (Å²) in [4.78, 5) is 0.0586. The van der Waals surface area contributed by atoms with Gasteiger partial charge in [-0.2, -0.15) is 0 Å². The molecule has 0 spiro atoms. The molecule has 0 amide bonds. The first-order chi connectivity index (χ1) is 9.51. The molecule has 0 saturated heterocycles. The molecule has 7 heteroatoms. The molecule has 0 atom stereocenters. The first-order valence-corrected chi connectivity index (χ1v) is 7.97. The van der Waals surface area contributed by atoms with Crippen molar-refractivity contribution < 1.29 is 17.5 Å². The van der Waals surface area contributed by atoms with Crippen LogP contribution in [0.15, 0.2) is 23.1 Å². The third-order valence-corrected chi connectivity index (χ3v) is 4.13. The van der Waals surface area contributed by atoms with Crippen LogP contribution in [0.2, 0.25) is 0 Å². The van der Waals surface area contributed by atoms with E-state index in [-0.39, 0.29) is 18.0 Å². The molecule has 0 bridgehead atoms. The van der Waals surface area contributed by atoms with Crippen molar-refractivity contribution in [1.29, 1.82) is 0 Å². The van der Waals surface area contributed by atoms with Gasteiger partial charge in [0, 0.05) is 25.8 Å². The van der Waals surface area contributed by atoms with Crippen molar-refractivity contribution >= 4 is 10.0 Å². The Bertz CT molecular complexity index is 520. The van der Waals surface area contributed by atoms with Crippen molar-refractivity contribution in [3.63, 3.8) is 0 Å². The molecule has 1 rings (SSSR count). The SMILES string of the molecule is CCCNCc1cc(S(=O)(=O)NCCOC)ccc1F. The highest BCUT2D eigenvalue weighted by molar-refractivity contribution is 7.89. The van der Waals surface area contributed by atoms with Gasteiger partial charge in [-0.15, -0.1) is 0 Å². The Labute approximate surface area is 119 Å². The standard InChI is InChI=1S/C13H21FN2O3S/c1-3-6-15-10-11-9-12(4-5-13(11)14)20(17,18)16-7-8-19-2/h4-5,9,15-16H,3,6-8,10H2,1-2H3. The van der Waals surface area contributed by atoms with Crippen LogP contribution in [0.5, 0.6) is 0 Å². The van der Waals surface area contributed by atoms with E-state index in [1.165, 1.54) is 25.3 Å². The van der Waals surface area contributed by atoms with E-state index in [4.69, 9.17) is 4.74 Å². The van der Waals surface area contributed by atoms with Crippen molar-refractivity contribution in [1.82, 2.24) is 10.0 Å². The molecule has 0 fully saturated rings. The molecule has 114 valence electrons. The number of rotatable bonds is 9. The monoisotopic (exact) mass is 304 g/mol. The van der Waals surface area contributed by atoms with Gasteiger partial charge in [-0.05, 0) is 31.2 Å². The largest absolute Gasteiger partial charge is 0.383 e. The minimum Gasteiger partial charge on any atom is -0.383 e. The Morgan fingerprint density at radius 1 is 1.30 bits per heavy atom. The summed E-state index contributed by atoms with van der Waals surface area (Å²) in [6.07, 6.45) is 0.929. The normalized spacial score (nSPS) is 11.8. The predicted molar refractivity (Wildman–Crippen MR) is 75.5 cm³/mol. The molecule has 0 saturated carbocycles. The van der Waals surface area contributed by atoms with Crippen molar-refractivity contribution in [3.8, 4) is 0 Å². The maximum atomic E-state index is 13.6. The van der Waals surface area contributed by atoms with Crippen LogP contribution >= 0.6 is 0 Å². The van der Waals surface area contributed by atoms with Crippen molar-refractivity contribution in [2.24, 2.45) is 0 Å². The van der Waals surface area contributed by atoms with E-state index in [0.29, 0.717) is 12.1 Å². The van der Waals surface area contributed by atoms with Gasteiger partial charge in [0.2, 0.25) is 10.0 Å². The first kappa shape index (κ1) is 17.0. The molecule has 0 aliphatic carbocycles. The fourth-order valence-electron chi connectivity index (χ4n) is 1.61. The summed E-state index contributed by atoms with van der Waals surface area (Å²) in [6, 6.07) is 3.79. The molecular formula is C13H21FN2O3S. The van der Waals surface area contributed by atoms with E-state index in [1.807, 2.05) is 6.92 Å². The number of halogens is 1. The van der Waals surface area contributed by atoms with Crippen LogP contribution in [0.1, 0.15) is 18.9 Å². The van der Waals surface area contributed by atoms with Gasteiger partial charge < -0.3 is 10.1 Å². The Hall–Kier alpha value is -1.02. The van der Waals surface area contributed by atoms with E-state index >= 15 is 0 Å². The molecule has 5 nitrogen and oxygen atoms in total. The van der Waals surface area contributed by atoms with Crippen LogP contribution in [0.3, 0.4) is 0 Å². The Morgan fingerprint density at radius 2 is 2.05 bits per heavy atom. The summed E-state index contributed by atoms with van der Waals surface area (Å²) in [7, 11) is -2.14. The molecule has 1 aromatic rings. The molecule has 0 aliphatic heterocycles. The zero-order chi connectivity index (χ0) is 15.0. The van der Waals surface area contributed by atoms with E-state index < -0.39 is 15.8 Å².